The molecular weight excluding hydrogens is 252 g/mol. The predicted molar refractivity (Wildman–Crippen MR) is 82.0 cm³/mol. The second-order valence-electron chi connectivity index (χ2n) is 6.80. The van der Waals surface area contributed by atoms with E-state index in [1.54, 1.807) is 0 Å². The molecule has 4 nitrogen and oxygen atoms in total. The number of hydrogen-bond acceptors (Lipinski definition) is 4. The number of unbranched alkanes of at least 4 members (excludes halogenated alkanes) is 1. The Morgan fingerprint density at radius 1 is 1.35 bits per heavy atom. The molecule has 0 aromatic rings. The lowest BCUT2D eigenvalue weighted by molar-refractivity contribution is -0.0301. The van der Waals surface area contributed by atoms with Crippen molar-refractivity contribution < 1.29 is 9.84 Å². The average molecular weight is 284 g/mol. The second-order valence-corrected chi connectivity index (χ2v) is 6.80. The summed E-state index contributed by atoms with van der Waals surface area (Å²) < 4.78 is 5.70. The molecule has 1 saturated heterocycles. The molecule has 20 heavy (non-hydrogen) atoms. The van der Waals surface area contributed by atoms with E-state index >= 15 is 0 Å². The summed E-state index contributed by atoms with van der Waals surface area (Å²) in [4.78, 5) is 2.53. The highest BCUT2D eigenvalue weighted by molar-refractivity contribution is 4.92. The lowest BCUT2D eigenvalue weighted by Gasteiger charge is -2.33. The van der Waals surface area contributed by atoms with Gasteiger partial charge in [-0.05, 0) is 45.6 Å². The highest BCUT2D eigenvalue weighted by Gasteiger charge is 2.31. The maximum Gasteiger partial charge on any atom is 0.0700 e. The van der Waals surface area contributed by atoms with Crippen LogP contribution in [0.3, 0.4) is 0 Å². The maximum absolute atomic E-state index is 9.59. The van der Waals surface area contributed by atoms with Gasteiger partial charge in [-0.1, -0.05) is 13.3 Å². The van der Waals surface area contributed by atoms with Gasteiger partial charge in [0.25, 0.3) is 0 Å². The van der Waals surface area contributed by atoms with Crippen molar-refractivity contribution in [3.8, 4) is 0 Å². The van der Waals surface area contributed by atoms with Crippen LogP contribution in [0, 0.1) is 0 Å². The Hall–Kier alpha value is -0.160. The molecule has 2 unspecified atom stereocenters. The first-order valence-electron chi connectivity index (χ1n) is 8.38. The SMILES string of the molecule is CCC1CN(CCCCC(C)(CO)NC2CC2)CCO1. The lowest BCUT2D eigenvalue weighted by Crippen LogP contribution is -2.47. The van der Waals surface area contributed by atoms with Crippen molar-refractivity contribution >= 4 is 0 Å². The minimum atomic E-state index is -0.0713. The normalized spacial score (nSPS) is 27.4. The zero-order valence-corrected chi connectivity index (χ0v) is 13.2. The number of rotatable bonds is 9. The molecule has 118 valence electrons. The summed E-state index contributed by atoms with van der Waals surface area (Å²) >= 11 is 0. The number of nitrogens with one attached hydrogen (secondary N) is 1. The van der Waals surface area contributed by atoms with E-state index in [4.69, 9.17) is 4.74 Å². The highest BCUT2D eigenvalue weighted by atomic mass is 16.5. The van der Waals surface area contributed by atoms with E-state index in [-0.39, 0.29) is 12.1 Å². The minimum absolute atomic E-state index is 0.0713. The van der Waals surface area contributed by atoms with E-state index < -0.39 is 0 Å². The van der Waals surface area contributed by atoms with Gasteiger partial charge in [-0.25, -0.2) is 0 Å². The zero-order chi connectivity index (χ0) is 14.4. The van der Waals surface area contributed by atoms with Crippen molar-refractivity contribution in [1.29, 1.82) is 0 Å². The number of aliphatic hydroxyl groups is 1. The molecule has 4 heteroatoms. The third kappa shape index (κ3) is 5.32. The van der Waals surface area contributed by atoms with Crippen molar-refractivity contribution in [2.75, 3.05) is 32.8 Å². The molecule has 0 spiro atoms. The molecule has 2 atom stereocenters. The van der Waals surface area contributed by atoms with Crippen molar-refractivity contribution in [3.05, 3.63) is 0 Å². The van der Waals surface area contributed by atoms with E-state index in [2.05, 4.69) is 24.1 Å². The van der Waals surface area contributed by atoms with Crippen molar-refractivity contribution in [1.82, 2.24) is 10.2 Å². The van der Waals surface area contributed by atoms with Crippen molar-refractivity contribution in [2.24, 2.45) is 0 Å². The van der Waals surface area contributed by atoms with Crippen LogP contribution < -0.4 is 5.32 Å². The molecule has 1 saturated carbocycles. The van der Waals surface area contributed by atoms with Crippen LogP contribution in [0.5, 0.6) is 0 Å². The van der Waals surface area contributed by atoms with Gasteiger partial charge in [0.1, 0.15) is 0 Å². The van der Waals surface area contributed by atoms with Crippen LogP contribution in [-0.2, 0) is 4.74 Å². The molecule has 2 aliphatic rings. The molecule has 2 rings (SSSR count). The average Bonchev–Trinajstić information content (AvgIpc) is 3.28. The number of ether oxygens (including phenoxy) is 1. The Morgan fingerprint density at radius 2 is 2.15 bits per heavy atom. The fourth-order valence-corrected chi connectivity index (χ4v) is 3.00. The van der Waals surface area contributed by atoms with Gasteiger partial charge >= 0.3 is 0 Å². The topological polar surface area (TPSA) is 44.7 Å². The first-order chi connectivity index (χ1) is 9.65. The quantitative estimate of drug-likeness (QED) is 0.633. The Kier molecular flexibility index (Phi) is 6.27. The Bertz CT molecular complexity index is 284. The predicted octanol–water partition coefficient (Wildman–Crippen LogP) is 1.77. The fourth-order valence-electron chi connectivity index (χ4n) is 3.00. The molecule has 1 aliphatic carbocycles. The van der Waals surface area contributed by atoms with Gasteiger partial charge in [-0.2, -0.15) is 0 Å². The van der Waals surface area contributed by atoms with E-state index in [1.165, 1.54) is 32.2 Å². The van der Waals surface area contributed by atoms with Crippen LogP contribution in [-0.4, -0.2) is 60.5 Å². The molecule has 1 aliphatic heterocycles. The lowest BCUT2D eigenvalue weighted by atomic mass is 9.95. The summed E-state index contributed by atoms with van der Waals surface area (Å²) in [5.74, 6) is 0. The number of nitrogens with zero attached hydrogens (tertiary/aromatic N) is 1. The summed E-state index contributed by atoms with van der Waals surface area (Å²) in [7, 11) is 0. The van der Waals surface area contributed by atoms with Crippen LogP contribution in [0.25, 0.3) is 0 Å². The number of hydrogen-bond donors (Lipinski definition) is 2. The molecule has 0 bridgehead atoms. The summed E-state index contributed by atoms with van der Waals surface area (Å²) in [5.41, 5.74) is -0.0713. The number of morpholine rings is 1. The second kappa shape index (κ2) is 7.74. The molecule has 1 heterocycles. The Morgan fingerprint density at radius 3 is 2.80 bits per heavy atom. The van der Waals surface area contributed by atoms with Crippen LogP contribution in [0.15, 0.2) is 0 Å². The van der Waals surface area contributed by atoms with Gasteiger partial charge < -0.3 is 15.2 Å². The number of aliphatic hydroxyl groups excluding tert-OH is 1. The van der Waals surface area contributed by atoms with Gasteiger partial charge in [0.2, 0.25) is 0 Å². The van der Waals surface area contributed by atoms with Crippen LogP contribution in [0.1, 0.15) is 52.4 Å². The first-order valence-corrected chi connectivity index (χ1v) is 8.38. The molecular formula is C16H32N2O2. The summed E-state index contributed by atoms with van der Waals surface area (Å²) in [5, 5.41) is 13.2. The van der Waals surface area contributed by atoms with Gasteiger partial charge in [-0.15, -0.1) is 0 Å². The van der Waals surface area contributed by atoms with Gasteiger partial charge in [0, 0.05) is 24.7 Å². The van der Waals surface area contributed by atoms with E-state index in [9.17, 15) is 5.11 Å². The summed E-state index contributed by atoms with van der Waals surface area (Å²) in [6.45, 7) is 8.83. The summed E-state index contributed by atoms with van der Waals surface area (Å²) in [6, 6.07) is 0.664. The van der Waals surface area contributed by atoms with E-state index in [0.717, 1.165) is 32.5 Å². The molecule has 0 aromatic heterocycles. The van der Waals surface area contributed by atoms with Gasteiger partial charge in [0.05, 0.1) is 19.3 Å². The van der Waals surface area contributed by atoms with Gasteiger partial charge in [0.15, 0.2) is 0 Å². The zero-order valence-electron chi connectivity index (χ0n) is 13.2. The van der Waals surface area contributed by atoms with Crippen molar-refractivity contribution in [3.63, 3.8) is 0 Å². The summed E-state index contributed by atoms with van der Waals surface area (Å²) in [6.07, 6.45) is 7.58. The van der Waals surface area contributed by atoms with E-state index in [1.807, 2.05) is 0 Å². The standard InChI is InChI=1S/C16H32N2O2/c1-3-15-12-18(10-11-20-15)9-5-4-8-16(2,13-19)17-14-6-7-14/h14-15,17,19H,3-13H2,1-2H3. The minimum Gasteiger partial charge on any atom is -0.394 e. The molecule has 0 aromatic carbocycles. The monoisotopic (exact) mass is 284 g/mol. The highest BCUT2D eigenvalue weighted by Crippen LogP contribution is 2.25. The first kappa shape index (κ1) is 16.2. The Balaban J connectivity index is 1.60. The van der Waals surface area contributed by atoms with Crippen LogP contribution in [0.2, 0.25) is 0 Å². The molecule has 2 N–H and O–H groups in total. The van der Waals surface area contributed by atoms with Gasteiger partial charge in [-0.3, -0.25) is 4.90 Å². The smallest absolute Gasteiger partial charge is 0.0700 e. The molecule has 2 fully saturated rings. The van der Waals surface area contributed by atoms with Crippen LogP contribution in [0.4, 0.5) is 0 Å². The van der Waals surface area contributed by atoms with Crippen molar-refractivity contribution in [2.45, 2.75) is 70.1 Å². The van der Waals surface area contributed by atoms with E-state index in [0.29, 0.717) is 12.1 Å². The Labute approximate surface area is 123 Å². The largest absolute Gasteiger partial charge is 0.394 e. The fraction of sp³-hybridized carbons (Fsp3) is 1.00. The molecule has 0 amide bonds. The third-order valence-electron chi connectivity index (χ3n) is 4.61. The van der Waals surface area contributed by atoms with Crippen LogP contribution >= 0.6 is 0 Å². The third-order valence-corrected chi connectivity index (χ3v) is 4.61. The maximum atomic E-state index is 9.59. The molecule has 0 radical (unpaired) electrons.